The summed E-state index contributed by atoms with van der Waals surface area (Å²) in [4.78, 5) is 28.7. The summed E-state index contributed by atoms with van der Waals surface area (Å²) in [6, 6.07) is 1.34. The summed E-state index contributed by atoms with van der Waals surface area (Å²) in [6.07, 6.45) is 3.77. The zero-order valence-corrected chi connectivity index (χ0v) is 11.1. The van der Waals surface area contributed by atoms with E-state index >= 15 is 0 Å². The molecule has 0 amide bonds. The Bertz CT molecular complexity index is 682. The number of aromatic nitrogens is 3. The van der Waals surface area contributed by atoms with Crippen LogP contribution in [0.5, 0.6) is 5.75 Å². The molecule has 0 saturated carbocycles. The largest absolute Gasteiger partial charge is 0.488 e. The van der Waals surface area contributed by atoms with Crippen LogP contribution in [0.15, 0.2) is 24.7 Å². The van der Waals surface area contributed by atoms with Gasteiger partial charge in [0.25, 0.3) is 0 Å². The van der Waals surface area contributed by atoms with E-state index < -0.39 is 10.9 Å². The molecule has 9 heteroatoms. The highest BCUT2D eigenvalue weighted by Crippen LogP contribution is 2.15. The molecule has 2 aromatic rings. The Hall–Kier alpha value is -2.97. The molecule has 0 spiro atoms. The number of carboxylic acids is 1. The van der Waals surface area contributed by atoms with Crippen LogP contribution in [0.1, 0.15) is 16.2 Å². The maximum absolute atomic E-state index is 10.8. The fourth-order valence-electron chi connectivity index (χ4n) is 1.75. The van der Waals surface area contributed by atoms with Crippen molar-refractivity contribution in [1.29, 1.82) is 0 Å². The Morgan fingerprint density at radius 1 is 1.48 bits per heavy atom. The second-order valence-corrected chi connectivity index (χ2v) is 4.14. The minimum atomic E-state index is -1.10. The number of aryl methyl sites for hydroxylation is 1. The van der Waals surface area contributed by atoms with Crippen molar-refractivity contribution >= 4 is 11.8 Å². The molecule has 0 radical (unpaired) electrons. The number of nitro groups is 1. The zero-order valence-electron chi connectivity index (χ0n) is 11.1. The number of pyridine rings is 1. The molecular formula is C12H12N4O5. The number of aromatic carboxylic acids is 1. The van der Waals surface area contributed by atoms with Gasteiger partial charge in [-0.2, -0.15) is 0 Å². The number of hydrogen-bond donors (Lipinski definition) is 1. The highest BCUT2D eigenvalue weighted by molar-refractivity contribution is 5.87. The summed E-state index contributed by atoms with van der Waals surface area (Å²) in [7, 11) is 0. The molecule has 2 heterocycles. The maximum atomic E-state index is 10.8. The van der Waals surface area contributed by atoms with Gasteiger partial charge in [-0.15, -0.1) is 0 Å². The number of carboxylic acid groups (broad SMARTS) is 1. The number of ether oxygens (including phenoxy) is 1. The molecule has 0 unspecified atom stereocenters. The van der Waals surface area contributed by atoms with Crippen LogP contribution in [0.25, 0.3) is 0 Å². The quantitative estimate of drug-likeness (QED) is 0.628. The van der Waals surface area contributed by atoms with Crippen LogP contribution in [0.4, 0.5) is 5.82 Å². The van der Waals surface area contributed by atoms with E-state index in [0.29, 0.717) is 5.82 Å². The SMILES string of the molecule is Cc1ncc([N+](=O)[O-])n1CCOc1cncc(C(=O)O)c1. The lowest BCUT2D eigenvalue weighted by Gasteiger charge is -2.06. The molecule has 0 aliphatic carbocycles. The van der Waals surface area contributed by atoms with Gasteiger partial charge in [0, 0.05) is 13.1 Å². The highest BCUT2D eigenvalue weighted by Gasteiger charge is 2.17. The van der Waals surface area contributed by atoms with Crippen LogP contribution in [-0.2, 0) is 6.54 Å². The summed E-state index contributed by atoms with van der Waals surface area (Å²) in [5.41, 5.74) is 0.0114. The van der Waals surface area contributed by atoms with Gasteiger partial charge in [-0.3, -0.25) is 4.98 Å². The van der Waals surface area contributed by atoms with Crippen molar-refractivity contribution in [2.75, 3.05) is 6.61 Å². The van der Waals surface area contributed by atoms with E-state index in [1.807, 2.05) is 0 Å². The van der Waals surface area contributed by atoms with Crippen molar-refractivity contribution in [2.45, 2.75) is 13.5 Å². The molecule has 0 fully saturated rings. The Morgan fingerprint density at radius 3 is 2.90 bits per heavy atom. The van der Waals surface area contributed by atoms with E-state index in [0.717, 1.165) is 0 Å². The molecule has 1 N–H and O–H groups in total. The van der Waals surface area contributed by atoms with Crippen molar-refractivity contribution in [3.63, 3.8) is 0 Å². The first kappa shape index (κ1) is 14.4. The zero-order chi connectivity index (χ0) is 15.4. The van der Waals surface area contributed by atoms with Gasteiger partial charge in [0.2, 0.25) is 0 Å². The lowest BCUT2D eigenvalue weighted by molar-refractivity contribution is -0.392. The lowest BCUT2D eigenvalue weighted by Crippen LogP contribution is -2.12. The minimum Gasteiger partial charge on any atom is -0.488 e. The number of hydrogen-bond acceptors (Lipinski definition) is 6. The van der Waals surface area contributed by atoms with Gasteiger partial charge in [-0.1, -0.05) is 0 Å². The van der Waals surface area contributed by atoms with E-state index in [1.165, 1.54) is 29.2 Å². The molecule has 0 aliphatic rings. The Balaban J connectivity index is 2.02. The molecule has 0 aliphatic heterocycles. The molecule has 110 valence electrons. The number of rotatable bonds is 6. The summed E-state index contributed by atoms with van der Waals surface area (Å²) in [5, 5.41) is 19.7. The molecule has 0 aromatic carbocycles. The van der Waals surface area contributed by atoms with Crippen molar-refractivity contribution in [2.24, 2.45) is 0 Å². The second kappa shape index (κ2) is 5.99. The monoisotopic (exact) mass is 292 g/mol. The van der Waals surface area contributed by atoms with Crippen molar-refractivity contribution in [3.8, 4) is 5.75 Å². The van der Waals surface area contributed by atoms with Crippen LogP contribution in [-0.4, -0.2) is 37.1 Å². The van der Waals surface area contributed by atoms with Crippen LogP contribution in [0, 0.1) is 17.0 Å². The Morgan fingerprint density at radius 2 is 2.24 bits per heavy atom. The third-order valence-electron chi connectivity index (χ3n) is 2.76. The van der Waals surface area contributed by atoms with E-state index in [1.54, 1.807) is 6.92 Å². The molecule has 2 aromatic heterocycles. The summed E-state index contributed by atoms with van der Waals surface area (Å²) >= 11 is 0. The first-order chi connectivity index (χ1) is 9.99. The van der Waals surface area contributed by atoms with Gasteiger partial charge in [0.15, 0.2) is 5.82 Å². The highest BCUT2D eigenvalue weighted by atomic mass is 16.6. The standard InChI is InChI=1S/C12H12N4O5/c1-8-14-7-11(16(19)20)15(8)2-3-21-10-4-9(12(17)18)5-13-6-10/h4-7H,2-3H2,1H3,(H,17,18). The van der Waals surface area contributed by atoms with Crippen LogP contribution in [0.3, 0.4) is 0 Å². The molecule has 0 bridgehead atoms. The van der Waals surface area contributed by atoms with Crippen molar-refractivity contribution in [1.82, 2.24) is 14.5 Å². The molecule has 9 nitrogen and oxygen atoms in total. The van der Waals surface area contributed by atoms with Gasteiger partial charge in [0.1, 0.15) is 25.1 Å². The maximum Gasteiger partial charge on any atom is 0.342 e. The van der Waals surface area contributed by atoms with E-state index in [9.17, 15) is 14.9 Å². The lowest BCUT2D eigenvalue weighted by atomic mass is 10.3. The van der Waals surface area contributed by atoms with Gasteiger partial charge in [-0.05, 0) is 11.0 Å². The summed E-state index contributed by atoms with van der Waals surface area (Å²) in [6.45, 7) is 2.00. The fourth-order valence-corrected chi connectivity index (χ4v) is 1.75. The Kier molecular flexibility index (Phi) is 4.12. The van der Waals surface area contributed by atoms with Crippen LogP contribution < -0.4 is 4.74 Å². The third-order valence-corrected chi connectivity index (χ3v) is 2.76. The van der Waals surface area contributed by atoms with E-state index in [2.05, 4.69) is 9.97 Å². The average molecular weight is 292 g/mol. The average Bonchev–Trinajstić information content (AvgIpc) is 2.81. The normalized spacial score (nSPS) is 10.3. The first-order valence-corrected chi connectivity index (χ1v) is 5.96. The topological polar surface area (TPSA) is 120 Å². The minimum absolute atomic E-state index is 0.0114. The Labute approximate surface area is 119 Å². The van der Waals surface area contributed by atoms with E-state index in [-0.39, 0.29) is 30.3 Å². The van der Waals surface area contributed by atoms with Crippen molar-refractivity contribution in [3.05, 3.63) is 46.2 Å². The number of carbonyl (C=O) groups is 1. The van der Waals surface area contributed by atoms with E-state index in [4.69, 9.17) is 9.84 Å². The summed E-state index contributed by atoms with van der Waals surface area (Å²) < 4.78 is 6.77. The van der Waals surface area contributed by atoms with Gasteiger partial charge in [-0.25, -0.2) is 14.3 Å². The predicted molar refractivity (Wildman–Crippen MR) is 70.3 cm³/mol. The smallest absolute Gasteiger partial charge is 0.342 e. The molecule has 21 heavy (non-hydrogen) atoms. The number of nitrogens with zero attached hydrogens (tertiary/aromatic N) is 4. The molecular weight excluding hydrogens is 280 g/mol. The molecule has 0 atom stereocenters. The first-order valence-electron chi connectivity index (χ1n) is 5.96. The fraction of sp³-hybridized carbons (Fsp3) is 0.250. The van der Waals surface area contributed by atoms with Gasteiger partial charge in [0.05, 0.1) is 11.8 Å². The third kappa shape index (κ3) is 3.32. The molecule has 0 saturated heterocycles. The van der Waals surface area contributed by atoms with Crippen LogP contribution in [0.2, 0.25) is 0 Å². The second-order valence-electron chi connectivity index (χ2n) is 4.14. The molecule has 2 rings (SSSR count). The summed E-state index contributed by atoms with van der Waals surface area (Å²) in [5.74, 6) is -0.430. The van der Waals surface area contributed by atoms with Crippen LogP contribution >= 0.6 is 0 Å². The van der Waals surface area contributed by atoms with Gasteiger partial charge >= 0.3 is 11.8 Å². The van der Waals surface area contributed by atoms with Gasteiger partial charge < -0.3 is 20.0 Å². The number of imidazole rings is 1. The van der Waals surface area contributed by atoms with Crippen molar-refractivity contribution < 1.29 is 19.6 Å². The predicted octanol–water partition coefficient (Wildman–Crippen LogP) is 1.27.